The van der Waals surface area contributed by atoms with Gasteiger partial charge in [-0.25, -0.2) is 0 Å². The molecule has 1 heterocycles. The SMILES string of the molecule is C=CCSc1ccccc1NC(=O)CN1CCCc2ccccc21. The van der Waals surface area contributed by atoms with Crippen LogP contribution in [-0.2, 0) is 11.2 Å². The molecule has 1 aliphatic heterocycles. The van der Waals surface area contributed by atoms with Gasteiger partial charge >= 0.3 is 0 Å². The van der Waals surface area contributed by atoms with Crippen molar-refractivity contribution < 1.29 is 4.79 Å². The van der Waals surface area contributed by atoms with E-state index in [2.05, 4.69) is 35.0 Å². The molecule has 0 fully saturated rings. The molecule has 3 nitrogen and oxygen atoms in total. The minimum absolute atomic E-state index is 0.0263. The summed E-state index contributed by atoms with van der Waals surface area (Å²) in [6.45, 7) is 5.06. The van der Waals surface area contributed by atoms with Gasteiger partial charge in [0.05, 0.1) is 12.2 Å². The van der Waals surface area contributed by atoms with Crippen LogP contribution >= 0.6 is 11.8 Å². The summed E-state index contributed by atoms with van der Waals surface area (Å²) in [5, 5.41) is 3.06. The second kappa shape index (κ2) is 8.06. The third-order valence-corrected chi connectivity index (χ3v) is 5.13. The lowest BCUT2D eigenvalue weighted by Gasteiger charge is -2.30. The normalized spacial score (nSPS) is 13.2. The average molecular weight is 338 g/mol. The van der Waals surface area contributed by atoms with Crippen molar-refractivity contribution in [3.8, 4) is 0 Å². The van der Waals surface area contributed by atoms with Gasteiger partial charge in [0, 0.05) is 22.9 Å². The average Bonchev–Trinajstić information content (AvgIpc) is 2.61. The van der Waals surface area contributed by atoms with Gasteiger partial charge in [0.2, 0.25) is 5.91 Å². The topological polar surface area (TPSA) is 32.3 Å². The standard InChI is InChI=1S/C20H22N2OS/c1-2-14-24-19-12-6-4-10-17(19)21-20(23)15-22-13-7-9-16-8-3-5-11-18(16)22/h2-6,8,10-12H,1,7,9,13-15H2,(H,21,23). The molecule has 24 heavy (non-hydrogen) atoms. The molecule has 0 radical (unpaired) electrons. The summed E-state index contributed by atoms with van der Waals surface area (Å²) in [7, 11) is 0. The second-order valence-electron chi connectivity index (χ2n) is 5.80. The van der Waals surface area contributed by atoms with Gasteiger partial charge in [-0.2, -0.15) is 0 Å². The molecule has 0 aliphatic carbocycles. The first-order valence-electron chi connectivity index (χ1n) is 8.23. The van der Waals surface area contributed by atoms with Gasteiger partial charge in [0.15, 0.2) is 0 Å². The number of nitrogens with zero attached hydrogens (tertiary/aromatic N) is 1. The predicted molar refractivity (Wildman–Crippen MR) is 103 cm³/mol. The zero-order valence-corrected chi connectivity index (χ0v) is 14.5. The van der Waals surface area contributed by atoms with Gasteiger partial charge in [0.25, 0.3) is 0 Å². The molecule has 1 aliphatic rings. The summed E-state index contributed by atoms with van der Waals surface area (Å²) in [5.41, 5.74) is 3.39. The maximum absolute atomic E-state index is 12.5. The van der Waals surface area contributed by atoms with Crippen LogP contribution in [0.4, 0.5) is 11.4 Å². The van der Waals surface area contributed by atoms with Crippen molar-refractivity contribution in [3.63, 3.8) is 0 Å². The Balaban J connectivity index is 1.68. The van der Waals surface area contributed by atoms with Crippen molar-refractivity contribution in [3.05, 3.63) is 66.7 Å². The molecule has 0 atom stereocenters. The van der Waals surface area contributed by atoms with Crippen LogP contribution in [0.3, 0.4) is 0 Å². The van der Waals surface area contributed by atoms with Crippen LogP contribution < -0.4 is 10.2 Å². The van der Waals surface area contributed by atoms with Crippen LogP contribution in [0.15, 0.2) is 66.1 Å². The maximum atomic E-state index is 12.5. The monoisotopic (exact) mass is 338 g/mol. The number of nitrogens with one attached hydrogen (secondary N) is 1. The van der Waals surface area contributed by atoms with Gasteiger partial charge in [-0.1, -0.05) is 36.4 Å². The van der Waals surface area contributed by atoms with E-state index in [0.717, 1.165) is 35.7 Å². The molecular formula is C20H22N2OS. The van der Waals surface area contributed by atoms with Gasteiger partial charge in [-0.05, 0) is 36.6 Å². The van der Waals surface area contributed by atoms with Crippen molar-refractivity contribution in [1.82, 2.24) is 0 Å². The van der Waals surface area contributed by atoms with Crippen LogP contribution in [0, 0.1) is 0 Å². The van der Waals surface area contributed by atoms with Gasteiger partial charge < -0.3 is 10.2 Å². The number of anilines is 2. The number of carbonyl (C=O) groups is 1. The number of hydrogen-bond acceptors (Lipinski definition) is 3. The first-order chi connectivity index (χ1) is 11.8. The smallest absolute Gasteiger partial charge is 0.243 e. The fraction of sp³-hybridized carbons (Fsp3) is 0.250. The van der Waals surface area contributed by atoms with Crippen molar-refractivity contribution in [2.24, 2.45) is 0 Å². The minimum atomic E-state index is 0.0263. The fourth-order valence-corrected chi connectivity index (χ4v) is 3.73. The van der Waals surface area contributed by atoms with Gasteiger partial charge in [0.1, 0.15) is 0 Å². The highest BCUT2D eigenvalue weighted by molar-refractivity contribution is 7.99. The molecule has 4 heteroatoms. The predicted octanol–water partition coefficient (Wildman–Crippen LogP) is 4.36. The van der Waals surface area contributed by atoms with Crippen molar-refractivity contribution in [1.29, 1.82) is 0 Å². The van der Waals surface area contributed by atoms with Crippen LogP contribution in [-0.4, -0.2) is 24.7 Å². The zero-order valence-electron chi connectivity index (χ0n) is 13.7. The van der Waals surface area contributed by atoms with E-state index in [9.17, 15) is 4.79 Å². The van der Waals surface area contributed by atoms with E-state index in [-0.39, 0.29) is 5.91 Å². The second-order valence-corrected chi connectivity index (χ2v) is 6.86. The quantitative estimate of drug-likeness (QED) is 0.627. The molecule has 1 N–H and O–H groups in total. The molecule has 0 spiro atoms. The molecule has 3 rings (SSSR count). The number of fused-ring (bicyclic) bond motifs is 1. The highest BCUT2D eigenvalue weighted by Gasteiger charge is 2.19. The molecule has 0 unspecified atom stereocenters. The summed E-state index contributed by atoms with van der Waals surface area (Å²) >= 11 is 1.68. The lowest BCUT2D eigenvalue weighted by Crippen LogP contribution is -2.36. The van der Waals surface area contributed by atoms with Crippen LogP contribution in [0.1, 0.15) is 12.0 Å². The molecule has 0 aromatic heterocycles. The summed E-state index contributed by atoms with van der Waals surface area (Å²) in [6.07, 6.45) is 4.05. The Hall–Kier alpha value is -2.20. The van der Waals surface area contributed by atoms with Crippen molar-refractivity contribution >= 4 is 29.0 Å². The third kappa shape index (κ3) is 4.01. The van der Waals surface area contributed by atoms with E-state index in [0.29, 0.717) is 6.54 Å². The third-order valence-electron chi connectivity index (χ3n) is 4.06. The zero-order chi connectivity index (χ0) is 16.8. The molecule has 0 bridgehead atoms. The number of aryl methyl sites for hydroxylation is 1. The van der Waals surface area contributed by atoms with Crippen LogP contribution in [0.2, 0.25) is 0 Å². The van der Waals surface area contributed by atoms with E-state index < -0.39 is 0 Å². The van der Waals surface area contributed by atoms with Gasteiger partial charge in [-0.3, -0.25) is 4.79 Å². The van der Waals surface area contributed by atoms with Crippen LogP contribution in [0.5, 0.6) is 0 Å². The Morgan fingerprint density at radius 2 is 2.00 bits per heavy atom. The van der Waals surface area contributed by atoms with E-state index >= 15 is 0 Å². The number of para-hydroxylation sites is 2. The highest BCUT2D eigenvalue weighted by atomic mass is 32.2. The highest BCUT2D eigenvalue weighted by Crippen LogP contribution is 2.28. The summed E-state index contributed by atoms with van der Waals surface area (Å²) in [6, 6.07) is 16.3. The van der Waals surface area contributed by atoms with E-state index in [4.69, 9.17) is 0 Å². The molecule has 0 saturated heterocycles. The summed E-state index contributed by atoms with van der Waals surface area (Å²) in [4.78, 5) is 15.8. The summed E-state index contributed by atoms with van der Waals surface area (Å²) < 4.78 is 0. The number of amides is 1. The van der Waals surface area contributed by atoms with Crippen LogP contribution in [0.25, 0.3) is 0 Å². The molecule has 2 aromatic carbocycles. The first-order valence-corrected chi connectivity index (χ1v) is 9.22. The Bertz CT molecular complexity index is 729. The molecule has 0 saturated carbocycles. The van der Waals surface area contributed by atoms with E-state index in [1.165, 1.54) is 11.3 Å². The van der Waals surface area contributed by atoms with Crippen molar-refractivity contribution in [2.75, 3.05) is 29.1 Å². The Labute approximate surface area is 147 Å². The van der Waals surface area contributed by atoms with Crippen molar-refractivity contribution in [2.45, 2.75) is 17.7 Å². The molecular weight excluding hydrogens is 316 g/mol. The Morgan fingerprint density at radius 3 is 2.88 bits per heavy atom. The summed E-state index contributed by atoms with van der Waals surface area (Å²) in [5.74, 6) is 0.852. The minimum Gasteiger partial charge on any atom is -0.362 e. The number of benzene rings is 2. The lowest BCUT2D eigenvalue weighted by atomic mass is 10.0. The number of thioether (sulfide) groups is 1. The largest absolute Gasteiger partial charge is 0.362 e. The Kier molecular flexibility index (Phi) is 5.59. The first kappa shape index (κ1) is 16.7. The number of rotatable bonds is 6. The molecule has 1 amide bonds. The lowest BCUT2D eigenvalue weighted by molar-refractivity contribution is -0.115. The molecule has 124 valence electrons. The Morgan fingerprint density at radius 1 is 1.21 bits per heavy atom. The fourth-order valence-electron chi connectivity index (χ4n) is 2.98. The molecule has 2 aromatic rings. The van der Waals surface area contributed by atoms with E-state index in [1.807, 2.05) is 36.4 Å². The number of hydrogen-bond donors (Lipinski definition) is 1. The van der Waals surface area contributed by atoms with E-state index in [1.54, 1.807) is 11.8 Å². The number of carbonyl (C=O) groups excluding carboxylic acids is 1. The maximum Gasteiger partial charge on any atom is 0.243 e. The van der Waals surface area contributed by atoms with Gasteiger partial charge in [-0.15, -0.1) is 18.3 Å².